The van der Waals surface area contributed by atoms with Crippen molar-refractivity contribution in [2.45, 2.75) is 44.3 Å². The number of ether oxygens (including phenoxy) is 1. The van der Waals surface area contributed by atoms with Crippen molar-refractivity contribution in [1.29, 1.82) is 0 Å². The van der Waals surface area contributed by atoms with Gasteiger partial charge in [-0.1, -0.05) is 18.2 Å². The largest absolute Gasteiger partial charge is 0.497 e. The molecule has 2 aromatic rings. The zero-order valence-corrected chi connectivity index (χ0v) is 16.8. The predicted molar refractivity (Wildman–Crippen MR) is 108 cm³/mol. The highest BCUT2D eigenvalue weighted by Crippen LogP contribution is 2.42. The number of nitrogens with zero attached hydrogens (tertiary/aromatic N) is 2. The van der Waals surface area contributed by atoms with Gasteiger partial charge in [0.15, 0.2) is 6.29 Å². The number of pyridine rings is 1. The molecule has 2 heterocycles. The Hall–Kier alpha value is -2.73. The topological polar surface area (TPSA) is 71.5 Å². The monoisotopic (exact) mass is 381 g/mol. The van der Waals surface area contributed by atoms with E-state index in [1.807, 2.05) is 42.5 Å². The van der Waals surface area contributed by atoms with Crippen molar-refractivity contribution in [1.82, 2.24) is 9.88 Å². The Morgan fingerprint density at radius 1 is 1.25 bits per heavy atom. The number of aromatic nitrogens is 1. The molecule has 1 saturated heterocycles. The molecule has 1 N–H and O–H groups in total. The van der Waals surface area contributed by atoms with Crippen LogP contribution >= 0.6 is 0 Å². The van der Waals surface area contributed by atoms with Crippen LogP contribution in [0.1, 0.15) is 32.8 Å². The van der Waals surface area contributed by atoms with Gasteiger partial charge in [-0.2, -0.15) is 0 Å². The maximum atomic E-state index is 12.5. The molecule has 2 unspecified atom stereocenters. The Kier molecular flexibility index (Phi) is 5.52. The Balaban J connectivity index is 2.07. The molecule has 6 nitrogen and oxygen atoms in total. The maximum Gasteiger partial charge on any atom is 0.212 e. The molecule has 1 aliphatic rings. The van der Waals surface area contributed by atoms with Crippen molar-refractivity contribution in [3.8, 4) is 5.75 Å². The zero-order valence-electron chi connectivity index (χ0n) is 16.8. The van der Waals surface area contributed by atoms with Crippen LogP contribution in [0.15, 0.2) is 48.7 Å². The molecule has 0 bridgehead atoms. The summed E-state index contributed by atoms with van der Waals surface area (Å²) in [6, 6.07) is 13.0. The summed E-state index contributed by atoms with van der Waals surface area (Å²) in [5, 5.41) is 3.56. The summed E-state index contributed by atoms with van der Waals surface area (Å²) in [4.78, 5) is 30.3. The van der Waals surface area contributed by atoms with E-state index in [9.17, 15) is 9.59 Å². The Bertz CT molecular complexity index is 830. The first kappa shape index (κ1) is 20.0. The van der Waals surface area contributed by atoms with Crippen LogP contribution in [-0.4, -0.2) is 47.2 Å². The number of nitrogens with one attached hydrogen (secondary N) is 1. The van der Waals surface area contributed by atoms with E-state index in [1.54, 1.807) is 13.3 Å². The molecule has 28 heavy (non-hydrogen) atoms. The van der Waals surface area contributed by atoms with Crippen LogP contribution in [0.2, 0.25) is 0 Å². The molecule has 6 heteroatoms. The van der Waals surface area contributed by atoms with Crippen LogP contribution < -0.4 is 10.1 Å². The minimum absolute atomic E-state index is 0.274. The van der Waals surface area contributed by atoms with Crippen molar-refractivity contribution in [2.24, 2.45) is 0 Å². The molecule has 2 atom stereocenters. The highest BCUT2D eigenvalue weighted by Gasteiger charge is 2.51. The van der Waals surface area contributed by atoms with E-state index in [2.05, 4.69) is 36.0 Å². The fraction of sp³-hybridized carbons (Fsp3) is 0.409. The standard InChI is InChI=1S/C22H27N3O3/c1-21(2,3)25-15-22(13-18(25)19(27)14-26,24-20-7-5-6-12-23-20)16-8-10-17(28-4)11-9-16/h5-12,14,18H,13,15H2,1-4H3,(H,23,24). The first-order valence-corrected chi connectivity index (χ1v) is 9.38. The number of carbonyl (C=O) groups excluding carboxylic acids is 2. The molecule has 0 saturated carbocycles. The minimum atomic E-state index is -0.558. The van der Waals surface area contributed by atoms with Gasteiger partial charge < -0.3 is 10.1 Å². The van der Waals surface area contributed by atoms with Crippen molar-refractivity contribution < 1.29 is 14.3 Å². The van der Waals surface area contributed by atoms with E-state index in [0.717, 1.165) is 17.1 Å². The van der Waals surface area contributed by atoms with Gasteiger partial charge in [0.25, 0.3) is 0 Å². The quantitative estimate of drug-likeness (QED) is 0.613. The van der Waals surface area contributed by atoms with Gasteiger partial charge in [-0.15, -0.1) is 0 Å². The number of benzene rings is 1. The lowest BCUT2D eigenvalue weighted by Crippen LogP contribution is -2.49. The van der Waals surface area contributed by atoms with Crippen LogP contribution in [0, 0.1) is 0 Å². The van der Waals surface area contributed by atoms with E-state index in [4.69, 9.17) is 4.74 Å². The smallest absolute Gasteiger partial charge is 0.212 e. The molecule has 0 amide bonds. The van der Waals surface area contributed by atoms with Crippen molar-refractivity contribution in [2.75, 3.05) is 19.0 Å². The first-order valence-electron chi connectivity index (χ1n) is 9.38. The van der Waals surface area contributed by atoms with Crippen molar-refractivity contribution in [3.05, 3.63) is 54.2 Å². The number of aldehydes is 1. The lowest BCUT2D eigenvalue weighted by molar-refractivity contribution is -0.133. The van der Waals surface area contributed by atoms with Crippen LogP contribution in [0.5, 0.6) is 5.75 Å². The highest BCUT2D eigenvalue weighted by molar-refractivity contribution is 6.27. The Labute approximate surface area is 165 Å². The lowest BCUT2D eigenvalue weighted by atomic mass is 9.86. The second-order valence-electron chi connectivity index (χ2n) is 8.19. The van der Waals surface area contributed by atoms with Crippen LogP contribution in [0.4, 0.5) is 5.82 Å². The molecule has 1 aromatic carbocycles. The van der Waals surface area contributed by atoms with Crippen LogP contribution in [0.3, 0.4) is 0 Å². The third kappa shape index (κ3) is 3.92. The molecule has 0 spiro atoms. The fourth-order valence-electron chi connectivity index (χ4n) is 3.91. The average molecular weight is 381 g/mol. The normalized spacial score (nSPS) is 22.6. The molecule has 0 radical (unpaired) electrons. The van der Waals surface area contributed by atoms with E-state index in [0.29, 0.717) is 19.3 Å². The van der Waals surface area contributed by atoms with E-state index >= 15 is 0 Å². The molecule has 0 aliphatic carbocycles. The number of methoxy groups -OCH3 is 1. The molecule has 3 rings (SSSR count). The SMILES string of the molecule is COc1ccc(C2(Nc3ccccn3)CC(C(=O)C=O)N(C(C)(C)C)C2)cc1. The second kappa shape index (κ2) is 7.72. The molecule has 1 aromatic heterocycles. The van der Waals surface area contributed by atoms with Gasteiger partial charge in [0.2, 0.25) is 5.78 Å². The third-order valence-electron chi connectivity index (χ3n) is 5.34. The summed E-state index contributed by atoms with van der Waals surface area (Å²) in [6.07, 6.45) is 2.65. The second-order valence-corrected chi connectivity index (χ2v) is 8.19. The summed E-state index contributed by atoms with van der Waals surface area (Å²) < 4.78 is 5.29. The number of carbonyl (C=O) groups is 2. The van der Waals surface area contributed by atoms with Gasteiger partial charge in [0.05, 0.1) is 18.7 Å². The zero-order chi connectivity index (χ0) is 20.4. The number of likely N-dealkylation sites (tertiary alicyclic amines) is 1. The molecular weight excluding hydrogens is 354 g/mol. The van der Waals surface area contributed by atoms with Gasteiger partial charge in [-0.3, -0.25) is 14.5 Å². The number of rotatable bonds is 6. The molecular formula is C22H27N3O3. The Morgan fingerprint density at radius 2 is 1.96 bits per heavy atom. The number of hydrogen-bond donors (Lipinski definition) is 1. The summed E-state index contributed by atoms with van der Waals surface area (Å²) in [7, 11) is 1.63. The summed E-state index contributed by atoms with van der Waals surface area (Å²) >= 11 is 0. The molecule has 148 valence electrons. The van der Waals surface area contributed by atoms with Crippen molar-refractivity contribution in [3.63, 3.8) is 0 Å². The highest BCUT2D eigenvalue weighted by atomic mass is 16.5. The fourth-order valence-corrected chi connectivity index (χ4v) is 3.91. The first-order chi connectivity index (χ1) is 13.3. The predicted octanol–water partition coefficient (Wildman–Crippen LogP) is 3.04. The van der Waals surface area contributed by atoms with E-state index in [1.165, 1.54) is 0 Å². The minimum Gasteiger partial charge on any atom is -0.497 e. The Morgan fingerprint density at radius 3 is 2.50 bits per heavy atom. The average Bonchev–Trinajstić information content (AvgIpc) is 3.09. The van der Waals surface area contributed by atoms with Gasteiger partial charge >= 0.3 is 0 Å². The summed E-state index contributed by atoms with van der Waals surface area (Å²) in [6.45, 7) is 6.75. The number of Topliss-reactive ketones (excluding diaryl/α,β-unsaturated/α-hetero) is 1. The third-order valence-corrected chi connectivity index (χ3v) is 5.34. The van der Waals surface area contributed by atoms with Gasteiger partial charge in [-0.25, -0.2) is 4.98 Å². The van der Waals surface area contributed by atoms with Crippen LogP contribution in [-0.2, 0) is 15.1 Å². The van der Waals surface area contributed by atoms with E-state index < -0.39 is 17.4 Å². The number of hydrogen-bond acceptors (Lipinski definition) is 6. The maximum absolute atomic E-state index is 12.5. The molecule has 1 aliphatic heterocycles. The lowest BCUT2D eigenvalue weighted by Gasteiger charge is -2.37. The summed E-state index contributed by atoms with van der Waals surface area (Å²) in [5.74, 6) is 1.10. The number of ketones is 1. The molecule has 1 fully saturated rings. The van der Waals surface area contributed by atoms with Gasteiger partial charge in [-0.05, 0) is 57.0 Å². The van der Waals surface area contributed by atoms with Crippen molar-refractivity contribution >= 4 is 17.9 Å². The van der Waals surface area contributed by atoms with Crippen LogP contribution in [0.25, 0.3) is 0 Å². The van der Waals surface area contributed by atoms with Gasteiger partial charge in [0.1, 0.15) is 11.6 Å². The van der Waals surface area contributed by atoms with Gasteiger partial charge in [0, 0.05) is 18.3 Å². The van der Waals surface area contributed by atoms with E-state index in [-0.39, 0.29) is 5.54 Å². The summed E-state index contributed by atoms with van der Waals surface area (Å²) in [5.41, 5.74) is 0.190. The number of anilines is 1.